The minimum atomic E-state index is -4.80. The highest BCUT2D eigenvalue weighted by Crippen LogP contribution is 2.30. The molecule has 0 aromatic rings. The lowest BCUT2D eigenvalue weighted by atomic mass is 10.1. The van der Waals surface area contributed by atoms with E-state index in [-0.39, 0.29) is 6.42 Å². The summed E-state index contributed by atoms with van der Waals surface area (Å²) in [7, 11) is 0. The second-order valence-electron chi connectivity index (χ2n) is 2.81. The molecule has 0 aliphatic heterocycles. The Labute approximate surface area is 72.7 Å². The molecule has 0 spiro atoms. The second kappa shape index (κ2) is 3.40. The topological polar surface area (TPSA) is 9.23 Å². The van der Waals surface area contributed by atoms with E-state index in [2.05, 4.69) is 4.74 Å². The molecule has 74 valence electrons. The third-order valence-electron chi connectivity index (χ3n) is 1.62. The van der Waals surface area contributed by atoms with Crippen molar-refractivity contribution in [3.8, 4) is 0 Å². The monoisotopic (exact) mass is 196 g/mol. The van der Waals surface area contributed by atoms with E-state index >= 15 is 0 Å². The van der Waals surface area contributed by atoms with Crippen molar-refractivity contribution in [2.24, 2.45) is 0 Å². The van der Waals surface area contributed by atoms with Gasteiger partial charge >= 0.3 is 6.36 Å². The van der Waals surface area contributed by atoms with Gasteiger partial charge in [0, 0.05) is 6.42 Å². The van der Waals surface area contributed by atoms with Gasteiger partial charge in [0.25, 0.3) is 0 Å². The van der Waals surface area contributed by atoms with E-state index in [1.54, 1.807) is 6.92 Å². The van der Waals surface area contributed by atoms with Crippen LogP contribution in [0.3, 0.4) is 0 Å². The van der Waals surface area contributed by atoms with Crippen LogP contribution >= 0.6 is 0 Å². The number of hydrogen-bond acceptors (Lipinski definition) is 1. The fourth-order valence-corrected chi connectivity index (χ4v) is 1.04. The zero-order chi connectivity index (χ0) is 10.1. The first kappa shape index (κ1) is 10.1. The van der Waals surface area contributed by atoms with E-state index < -0.39 is 17.9 Å². The van der Waals surface area contributed by atoms with Gasteiger partial charge < -0.3 is 4.74 Å². The Bertz CT molecular complexity index is 262. The van der Waals surface area contributed by atoms with Gasteiger partial charge in [0.2, 0.25) is 0 Å². The van der Waals surface area contributed by atoms with Gasteiger partial charge in [0.1, 0.15) is 5.76 Å². The second-order valence-corrected chi connectivity index (χ2v) is 2.81. The Balaban J connectivity index is 2.75. The van der Waals surface area contributed by atoms with Crippen molar-refractivity contribution in [2.45, 2.75) is 26.1 Å². The Morgan fingerprint density at radius 3 is 2.38 bits per heavy atom. The molecule has 0 heterocycles. The highest BCUT2D eigenvalue weighted by Gasteiger charge is 2.33. The molecular weight excluding hydrogens is 188 g/mol. The molecule has 13 heavy (non-hydrogen) atoms. The zero-order valence-electron chi connectivity index (χ0n) is 6.91. The molecule has 0 saturated carbocycles. The number of hydrogen-bond donors (Lipinski definition) is 0. The van der Waals surface area contributed by atoms with Gasteiger partial charge in [-0.25, -0.2) is 4.39 Å². The molecule has 1 nitrogen and oxygen atoms in total. The van der Waals surface area contributed by atoms with Gasteiger partial charge in [0.15, 0.2) is 5.83 Å². The summed E-state index contributed by atoms with van der Waals surface area (Å²) in [6.07, 6.45) is -3.37. The standard InChI is InChI=1S/C8H8F4O/c1-5-2-3-7(6(9)4-5)13-8(10,11)12/h4H,2-3H2,1H3. The molecular formula is C8H8F4O. The van der Waals surface area contributed by atoms with Gasteiger partial charge in [-0.1, -0.05) is 5.57 Å². The minimum Gasteiger partial charge on any atom is -0.407 e. The van der Waals surface area contributed by atoms with Crippen molar-refractivity contribution in [1.29, 1.82) is 0 Å². The normalized spacial score (nSPS) is 18.7. The molecule has 1 aliphatic rings. The first-order valence-electron chi connectivity index (χ1n) is 3.70. The van der Waals surface area contributed by atoms with E-state index in [4.69, 9.17) is 0 Å². The van der Waals surface area contributed by atoms with Gasteiger partial charge in [-0.15, -0.1) is 13.2 Å². The van der Waals surface area contributed by atoms with Crippen LogP contribution in [0.1, 0.15) is 19.8 Å². The third-order valence-corrected chi connectivity index (χ3v) is 1.62. The van der Waals surface area contributed by atoms with E-state index in [1.807, 2.05) is 0 Å². The molecule has 0 N–H and O–H groups in total. The van der Waals surface area contributed by atoms with Crippen molar-refractivity contribution < 1.29 is 22.3 Å². The van der Waals surface area contributed by atoms with E-state index in [0.29, 0.717) is 12.0 Å². The van der Waals surface area contributed by atoms with E-state index in [0.717, 1.165) is 6.08 Å². The molecule has 0 bridgehead atoms. The number of alkyl halides is 3. The van der Waals surface area contributed by atoms with Crippen LogP contribution in [0.4, 0.5) is 17.6 Å². The Morgan fingerprint density at radius 2 is 1.92 bits per heavy atom. The maximum Gasteiger partial charge on any atom is 0.572 e. The summed E-state index contributed by atoms with van der Waals surface area (Å²) in [4.78, 5) is 0. The van der Waals surface area contributed by atoms with Crippen molar-refractivity contribution in [3.05, 3.63) is 23.2 Å². The molecule has 0 radical (unpaired) electrons. The fourth-order valence-electron chi connectivity index (χ4n) is 1.04. The lowest BCUT2D eigenvalue weighted by Crippen LogP contribution is -2.14. The lowest BCUT2D eigenvalue weighted by molar-refractivity contribution is -0.307. The number of rotatable bonds is 1. The van der Waals surface area contributed by atoms with Crippen molar-refractivity contribution in [1.82, 2.24) is 0 Å². The van der Waals surface area contributed by atoms with Crippen LogP contribution in [0.2, 0.25) is 0 Å². The summed E-state index contributed by atoms with van der Waals surface area (Å²) in [5.41, 5.74) is 0.715. The summed E-state index contributed by atoms with van der Waals surface area (Å²) < 4.78 is 51.3. The molecule has 5 heteroatoms. The molecule has 0 atom stereocenters. The Hall–Kier alpha value is -1.00. The van der Waals surface area contributed by atoms with Crippen LogP contribution < -0.4 is 0 Å². The summed E-state index contributed by atoms with van der Waals surface area (Å²) >= 11 is 0. The maximum atomic E-state index is 12.8. The average Bonchev–Trinajstić information content (AvgIpc) is 1.93. The van der Waals surface area contributed by atoms with Gasteiger partial charge in [-0.3, -0.25) is 0 Å². The Kier molecular flexibility index (Phi) is 2.63. The quantitative estimate of drug-likeness (QED) is 0.583. The first-order valence-corrected chi connectivity index (χ1v) is 3.70. The summed E-state index contributed by atoms with van der Waals surface area (Å²) in [5.74, 6) is -1.56. The summed E-state index contributed by atoms with van der Waals surface area (Å²) in [5, 5.41) is 0. The van der Waals surface area contributed by atoms with Crippen LogP contribution in [0, 0.1) is 0 Å². The molecule has 1 aliphatic carbocycles. The average molecular weight is 196 g/mol. The van der Waals surface area contributed by atoms with Crippen molar-refractivity contribution in [2.75, 3.05) is 0 Å². The molecule has 0 aromatic heterocycles. The van der Waals surface area contributed by atoms with Crippen LogP contribution in [0.5, 0.6) is 0 Å². The van der Waals surface area contributed by atoms with Crippen molar-refractivity contribution >= 4 is 0 Å². The van der Waals surface area contributed by atoms with Crippen LogP contribution in [0.15, 0.2) is 23.2 Å². The largest absolute Gasteiger partial charge is 0.572 e. The Morgan fingerprint density at radius 1 is 1.31 bits per heavy atom. The van der Waals surface area contributed by atoms with Gasteiger partial charge in [-0.05, 0) is 19.4 Å². The smallest absolute Gasteiger partial charge is 0.407 e. The van der Waals surface area contributed by atoms with Gasteiger partial charge in [-0.2, -0.15) is 0 Å². The van der Waals surface area contributed by atoms with E-state index in [9.17, 15) is 17.6 Å². The summed E-state index contributed by atoms with van der Waals surface area (Å²) in [6, 6.07) is 0. The molecule has 0 aromatic carbocycles. The first-order chi connectivity index (χ1) is 5.88. The maximum absolute atomic E-state index is 12.8. The number of halogens is 4. The predicted molar refractivity (Wildman–Crippen MR) is 38.3 cm³/mol. The van der Waals surface area contributed by atoms with Crippen LogP contribution in [-0.2, 0) is 4.74 Å². The van der Waals surface area contributed by atoms with Crippen molar-refractivity contribution in [3.63, 3.8) is 0 Å². The zero-order valence-corrected chi connectivity index (χ0v) is 6.91. The predicted octanol–water partition coefficient (Wildman–Crippen LogP) is 3.44. The lowest BCUT2D eigenvalue weighted by Gasteiger charge is -2.16. The van der Waals surface area contributed by atoms with Crippen LogP contribution in [-0.4, -0.2) is 6.36 Å². The van der Waals surface area contributed by atoms with Gasteiger partial charge in [0.05, 0.1) is 0 Å². The molecule has 0 fully saturated rings. The third kappa shape index (κ3) is 3.08. The molecule has 0 amide bonds. The molecule has 0 saturated heterocycles. The van der Waals surface area contributed by atoms with E-state index in [1.165, 1.54) is 0 Å². The highest BCUT2D eigenvalue weighted by atomic mass is 19.4. The van der Waals surface area contributed by atoms with Crippen LogP contribution in [0.25, 0.3) is 0 Å². The fraction of sp³-hybridized carbons (Fsp3) is 0.500. The number of ether oxygens (including phenoxy) is 1. The minimum absolute atomic E-state index is 0.0341. The SMILES string of the molecule is CC1=CC(F)=C(OC(F)(F)F)CC1. The molecule has 1 rings (SSSR count). The highest BCUT2D eigenvalue weighted by molar-refractivity contribution is 5.25. The number of allylic oxidation sites excluding steroid dienone is 4. The summed E-state index contributed by atoms with van der Waals surface area (Å²) in [6.45, 7) is 1.66. The molecule has 0 unspecified atom stereocenters.